The molecule has 0 aliphatic heterocycles. The van der Waals surface area contributed by atoms with Gasteiger partial charge in [0, 0.05) is 21.5 Å². The third-order valence-electron chi connectivity index (χ3n) is 3.65. The lowest BCUT2D eigenvalue weighted by atomic mass is 10.0. The van der Waals surface area contributed by atoms with Crippen molar-refractivity contribution in [3.63, 3.8) is 0 Å². The van der Waals surface area contributed by atoms with Crippen LogP contribution < -0.4 is 5.32 Å². The number of ether oxygens (including phenoxy) is 1. The number of amides is 1. The molecular weight excluding hydrogens is 432 g/mol. The van der Waals surface area contributed by atoms with Gasteiger partial charge >= 0.3 is 5.97 Å². The largest absolute Gasteiger partial charge is 0.467 e. The van der Waals surface area contributed by atoms with E-state index in [1.54, 1.807) is 18.2 Å². The second kappa shape index (κ2) is 9.09. The summed E-state index contributed by atoms with van der Waals surface area (Å²) in [7, 11) is 1.19. The Morgan fingerprint density at radius 1 is 1.23 bits per heavy atom. The molecule has 0 saturated carbocycles. The number of halogens is 4. The number of esters is 1. The van der Waals surface area contributed by atoms with Gasteiger partial charge in [-0.3, -0.25) is 4.79 Å². The van der Waals surface area contributed by atoms with Gasteiger partial charge in [-0.25, -0.2) is 13.6 Å². The molecule has 1 N–H and O–H groups in total. The molecule has 26 heavy (non-hydrogen) atoms. The van der Waals surface area contributed by atoms with E-state index < -0.39 is 36.0 Å². The summed E-state index contributed by atoms with van der Waals surface area (Å²) in [4.78, 5) is 24.2. The molecule has 0 fully saturated rings. The Morgan fingerprint density at radius 3 is 2.50 bits per heavy atom. The van der Waals surface area contributed by atoms with Crippen LogP contribution in [0.1, 0.15) is 11.1 Å². The van der Waals surface area contributed by atoms with Gasteiger partial charge in [-0.15, -0.1) is 0 Å². The Morgan fingerprint density at radius 2 is 1.88 bits per heavy atom. The molecule has 2 rings (SSSR count). The van der Waals surface area contributed by atoms with Crippen molar-refractivity contribution < 1.29 is 23.1 Å². The van der Waals surface area contributed by atoms with Crippen LogP contribution in [0, 0.1) is 11.6 Å². The second-order valence-electron chi connectivity index (χ2n) is 5.46. The highest BCUT2D eigenvalue weighted by atomic mass is 79.9. The Balaban J connectivity index is 2.16. The minimum absolute atomic E-state index is 0.0965. The first-order chi connectivity index (χ1) is 12.3. The summed E-state index contributed by atoms with van der Waals surface area (Å²) >= 11 is 9.30. The molecule has 0 aromatic heterocycles. The molecule has 0 bridgehead atoms. The SMILES string of the molecule is COC(=O)[C@@H](Cc1cc(Cl)ccc1Br)NC(=O)Cc1c(F)cccc1F. The minimum atomic E-state index is -1.03. The Labute approximate surface area is 162 Å². The topological polar surface area (TPSA) is 55.4 Å². The summed E-state index contributed by atoms with van der Waals surface area (Å²) < 4.78 is 32.8. The van der Waals surface area contributed by atoms with Gasteiger partial charge in [0.1, 0.15) is 17.7 Å². The van der Waals surface area contributed by atoms with Crippen molar-refractivity contribution >= 4 is 39.4 Å². The third-order valence-corrected chi connectivity index (χ3v) is 4.66. The molecule has 2 aromatic carbocycles. The van der Waals surface area contributed by atoms with E-state index in [-0.39, 0.29) is 12.0 Å². The average molecular weight is 447 g/mol. The van der Waals surface area contributed by atoms with Crippen LogP contribution in [0.4, 0.5) is 8.78 Å². The lowest BCUT2D eigenvalue weighted by Crippen LogP contribution is -2.43. The van der Waals surface area contributed by atoms with E-state index in [2.05, 4.69) is 21.2 Å². The maximum absolute atomic E-state index is 13.7. The summed E-state index contributed by atoms with van der Waals surface area (Å²) in [6.45, 7) is 0. The van der Waals surface area contributed by atoms with E-state index in [9.17, 15) is 18.4 Å². The Bertz CT molecular complexity index is 812. The normalized spacial score (nSPS) is 11.7. The predicted octanol–water partition coefficient (Wildman–Crippen LogP) is 3.82. The van der Waals surface area contributed by atoms with Crippen LogP contribution in [0.15, 0.2) is 40.9 Å². The molecule has 4 nitrogen and oxygen atoms in total. The lowest BCUT2D eigenvalue weighted by Gasteiger charge is -2.18. The van der Waals surface area contributed by atoms with Gasteiger partial charge < -0.3 is 10.1 Å². The predicted molar refractivity (Wildman–Crippen MR) is 96.9 cm³/mol. The average Bonchev–Trinajstić information content (AvgIpc) is 2.60. The Kier molecular flexibility index (Phi) is 7.11. The Hall–Kier alpha value is -1.99. The van der Waals surface area contributed by atoms with Crippen LogP contribution in [0.2, 0.25) is 5.02 Å². The zero-order valence-corrected chi connectivity index (χ0v) is 16.0. The van der Waals surface area contributed by atoms with Crippen LogP contribution in [0.25, 0.3) is 0 Å². The molecule has 8 heteroatoms. The van der Waals surface area contributed by atoms with Crippen molar-refractivity contribution in [3.8, 4) is 0 Å². The number of hydrogen-bond acceptors (Lipinski definition) is 3. The minimum Gasteiger partial charge on any atom is -0.467 e. The monoisotopic (exact) mass is 445 g/mol. The number of carbonyl (C=O) groups is 2. The first-order valence-electron chi connectivity index (χ1n) is 7.55. The van der Waals surface area contributed by atoms with Crippen LogP contribution in [0.5, 0.6) is 0 Å². The summed E-state index contributed by atoms with van der Waals surface area (Å²) in [6.07, 6.45) is -0.442. The van der Waals surface area contributed by atoms with E-state index in [4.69, 9.17) is 16.3 Å². The van der Waals surface area contributed by atoms with Gasteiger partial charge in [0.05, 0.1) is 13.5 Å². The number of methoxy groups -OCH3 is 1. The highest BCUT2D eigenvalue weighted by Crippen LogP contribution is 2.23. The molecule has 0 spiro atoms. The smallest absolute Gasteiger partial charge is 0.328 e. The molecule has 1 atom stereocenters. The van der Waals surface area contributed by atoms with Gasteiger partial charge in [-0.1, -0.05) is 33.6 Å². The standard InChI is InChI=1S/C18H15BrClF2NO3/c1-26-18(25)16(8-10-7-11(20)5-6-13(10)19)23-17(24)9-12-14(21)3-2-4-15(12)22/h2-7,16H,8-9H2,1H3,(H,23,24)/t16-/m1/s1. The fraction of sp³-hybridized carbons (Fsp3) is 0.222. The maximum atomic E-state index is 13.7. The van der Waals surface area contributed by atoms with Crippen molar-refractivity contribution in [1.82, 2.24) is 5.32 Å². The second-order valence-corrected chi connectivity index (χ2v) is 6.75. The van der Waals surface area contributed by atoms with Crippen LogP contribution in [0.3, 0.4) is 0 Å². The van der Waals surface area contributed by atoms with Crippen molar-refractivity contribution in [2.75, 3.05) is 7.11 Å². The van der Waals surface area contributed by atoms with Gasteiger partial charge in [0.2, 0.25) is 5.91 Å². The first-order valence-corrected chi connectivity index (χ1v) is 8.73. The van der Waals surface area contributed by atoms with E-state index in [1.165, 1.54) is 13.2 Å². The van der Waals surface area contributed by atoms with Crippen molar-refractivity contribution in [2.45, 2.75) is 18.9 Å². The number of benzene rings is 2. The van der Waals surface area contributed by atoms with Crippen LogP contribution in [-0.2, 0) is 27.2 Å². The summed E-state index contributed by atoms with van der Waals surface area (Å²) in [5, 5.41) is 2.92. The molecule has 0 radical (unpaired) electrons. The fourth-order valence-electron chi connectivity index (χ4n) is 2.36. The molecule has 0 saturated heterocycles. The first kappa shape index (κ1) is 20.3. The fourth-order valence-corrected chi connectivity index (χ4v) is 2.97. The quantitative estimate of drug-likeness (QED) is 0.686. The summed E-state index contributed by atoms with van der Waals surface area (Å²) in [5.74, 6) is -3.04. The van der Waals surface area contributed by atoms with E-state index in [0.29, 0.717) is 15.1 Å². The zero-order valence-electron chi connectivity index (χ0n) is 13.7. The summed E-state index contributed by atoms with van der Waals surface area (Å²) in [6, 6.07) is 7.32. The molecule has 138 valence electrons. The lowest BCUT2D eigenvalue weighted by molar-refractivity contribution is -0.145. The number of carbonyl (C=O) groups excluding carboxylic acids is 2. The van der Waals surface area contributed by atoms with Gasteiger partial charge in [0.15, 0.2) is 0 Å². The number of rotatable bonds is 6. The van der Waals surface area contributed by atoms with E-state index in [1.807, 2.05) is 0 Å². The molecule has 0 aliphatic carbocycles. The van der Waals surface area contributed by atoms with Crippen molar-refractivity contribution in [1.29, 1.82) is 0 Å². The van der Waals surface area contributed by atoms with Gasteiger partial charge in [-0.2, -0.15) is 0 Å². The van der Waals surface area contributed by atoms with Crippen molar-refractivity contribution in [2.24, 2.45) is 0 Å². The third kappa shape index (κ3) is 5.25. The molecular formula is C18H15BrClF2NO3. The van der Waals surface area contributed by atoms with Crippen LogP contribution >= 0.6 is 27.5 Å². The van der Waals surface area contributed by atoms with Gasteiger partial charge in [-0.05, 0) is 35.9 Å². The van der Waals surface area contributed by atoms with Gasteiger partial charge in [0.25, 0.3) is 0 Å². The molecule has 1 amide bonds. The van der Waals surface area contributed by atoms with Crippen molar-refractivity contribution in [3.05, 3.63) is 68.7 Å². The zero-order chi connectivity index (χ0) is 19.3. The van der Waals surface area contributed by atoms with E-state index in [0.717, 1.165) is 12.1 Å². The summed E-state index contributed by atoms with van der Waals surface area (Å²) in [5.41, 5.74) is 0.308. The van der Waals surface area contributed by atoms with E-state index >= 15 is 0 Å². The highest BCUT2D eigenvalue weighted by Gasteiger charge is 2.24. The van der Waals surface area contributed by atoms with Crippen LogP contribution in [-0.4, -0.2) is 25.0 Å². The number of nitrogens with one attached hydrogen (secondary N) is 1. The molecule has 0 heterocycles. The molecule has 2 aromatic rings. The number of hydrogen-bond donors (Lipinski definition) is 1. The highest BCUT2D eigenvalue weighted by molar-refractivity contribution is 9.10. The molecule has 0 unspecified atom stereocenters. The maximum Gasteiger partial charge on any atom is 0.328 e. The molecule has 0 aliphatic rings.